The van der Waals surface area contributed by atoms with Crippen LogP contribution < -0.4 is 9.47 Å². The Morgan fingerprint density at radius 2 is 1.95 bits per heavy atom. The second-order valence-electron chi connectivity index (χ2n) is 10.4. The van der Waals surface area contributed by atoms with Gasteiger partial charge in [-0.3, -0.25) is 4.90 Å². The molecule has 1 aliphatic heterocycles. The Bertz CT molecular complexity index is 1410. The number of aromatic nitrogens is 3. The molecule has 0 radical (unpaired) electrons. The monoisotopic (exact) mass is 610 g/mol. The lowest BCUT2D eigenvalue weighted by molar-refractivity contribution is -0.0637. The predicted octanol–water partition coefficient (Wildman–Crippen LogP) is 7.03. The van der Waals surface area contributed by atoms with Crippen LogP contribution in [0.4, 0.5) is 9.18 Å². The molecule has 214 valence electrons. The van der Waals surface area contributed by atoms with Crippen molar-refractivity contribution in [1.82, 2.24) is 20.1 Å². The Morgan fingerprint density at radius 1 is 1.23 bits per heavy atom. The zero-order valence-electron chi connectivity index (χ0n) is 22.7. The van der Waals surface area contributed by atoms with Gasteiger partial charge < -0.3 is 18.9 Å². The maximum Gasteiger partial charge on any atom is 0.413 e. The van der Waals surface area contributed by atoms with Gasteiger partial charge in [-0.25, -0.2) is 14.2 Å². The molecular weight excluding hydrogens is 582 g/mol. The molecule has 0 unspecified atom stereocenters. The van der Waals surface area contributed by atoms with Crippen LogP contribution in [0.15, 0.2) is 36.9 Å². The Balaban J connectivity index is 1.51. The lowest BCUT2D eigenvalue weighted by atomic mass is 10.2. The zero-order chi connectivity index (χ0) is 29.2. The van der Waals surface area contributed by atoms with E-state index in [1.165, 1.54) is 28.4 Å². The number of benzene rings is 1. The lowest BCUT2D eigenvalue weighted by Crippen LogP contribution is -2.51. The molecule has 40 heavy (non-hydrogen) atoms. The standard InChI is InChI=1S/C27H29Cl2FN4O5S/c1-7-8-36-22-10-15(9-21(29)31-22)23-32-33-24(40-23)17-11-19(30)20(12-18(17)28)37-13-16-14-38-27(5,6)34(16)25(35)39-26(2,3)4/h7,9-12,16H,1,8,13-14H2,2-6H3/t16-/m0/s1. The van der Waals surface area contributed by atoms with E-state index in [2.05, 4.69) is 21.8 Å². The van der Waals surface area contributed by atoms with Crippen LogP contribution in [0.3, 0.4) is 0 Å². The molecule has 1 aromatic carbocycles. The average molecular weight is 612 g/mol. The van der Waals surface area contributed by atoms with Gasteiger partial charge in [-0.2, -0.15) is 0 Å². The first-order chi connectivity index (χ1) is 18.8. The number of rotatable bonds is 8. The minimum absolute atomic E-state index is 0.0305. The molecule has 0 aliphatic carbocycles. The van der Waals surface area contributed by atoms with Crippen molar-refractivity contribution >= 4 is 40.6 Å². The highest BCUT2D eigenvalue weighted by molar-refractivity contribution is 7.18. The molecule has 0 N–H and O–H groups in total. The van der Waals surface area contributed by atoms with E-state index < -0.39 is 29.3 Å². The summed E-state index contributed by atoms with van der Waals surface area (Å²) in [5.74, 6) is -0.409. The van der Waals surface area contributed by atoms with Crippen LogP contribution in [0.1, 0.15) is 34.6 Å². The summed E-state index contributed by atoms with van der Waals surface area (Å²) in [4.78, 5) is 18.4. The maximum atomic E-state index is 15.2. The van der Waals surface area contributed by atoms with Gasteiger partial charge in [-0.1, -0.05) is 47.2 Å². The molecule has 9 nitrogen and oxygen atoms in total. The molecule has 0 spiro atoms. The number of carbonyl (C=O) groups excluding carboxylic acids is 1. The van der Waals surface area contributed by atoms with E-state index >= 15 is 4.39 Å². The normalized spacial score (nSPS) is 16.6. The minimum atomic E-state index is -0.913. The summed E-state index contributed by atoms with van der Waals surface area (Å²) >= 11 is 13.8. The molecule has 1 atom stereocenters. The van der Waals surface area contributed by atoms with Crippen molar-refractivity contribution in [3.63, 3.8) is 0 Å². The highest BCUT2D eigenvalue weighted by atomic mass is 35.5. The molecule has 1 amide bonds. The fourth-order valence-corrected chi connectivity index (χ4v) is 5.30. The molecule has 13 heteroatoms. The van der Waals surface area contributed by atoms with E-state index in [4.69, 9.17) is 42.1 Å². The highest BCUT2D eigenvalue weighted by Gasteiger charge is 2.46. The van der Waals surface area contributed by atoms with Gasteiger partial charge in [0.05, 0.1) is 17.7 Å². The van der Waals surface area contributed by atoms with Crippen LogP contribution >= 0.6 is 34.5 Å². The SMILES string of the molecule is C=CCOc1cc(-c2nnc(-c3cc(F)c(OC[C@H]4COC(C)(C)N4C(=O)OC(C)(C)C)cc3Cl)s2)cc(Cl)n1. The lowest BCUT2D eigenvalue weighted by Gasteiger charge is -2.35. The van der Waals surface area contributed by atoms with Crippen molar-refractivity contribution < 1.29 is 28.1 Å². The zero-order valence-corrected chi connectivity index (χ0v) is 25.0. The van der Waals surface area contributed by atoms with Crippen molar-refractivity contribution in [2.75, 3.05) is 19.8 Å². The van der Waals surface area contributed by atoms with E-state index in [0.717, 1.165) is 0 Å². The summed E-state index contributed by atoms with van der Waals surface area (Å²) in [6.45, 7) is 12.9. The summed E-state index contributed by atoms with van der Waals surface area (Å²) in [6.07, 6.45) is 1.05. The topological polar surface area (TPSA) is 95.9 Å². The van der Waals surface area contributed by atoms with Gasteiger partial charge in [0.25, 0.3) is 0 Å². The third-order valence-electron chi connectivity index (χ3n) is 5.64. The summed E-state index contributed by atoms with van der Waals surface area (Å²) in [5.41, 5.74) is -0.620. The van der Waals surface area contributed by atoms with E-state index in [1.54, 1.807) is 52.8 Å². The summed E-state index contributed by atoms with van der Waals surface area (Å²) in [6, 6.07) is 5.41. The number of ether oxygens (including phenoxy) is 4. The first-order valence-corrected chi connectivity index (χ1v) is 13.9. The Morgan fingerprint density at radius 3 is 2.65 bits per heavy atom. The van der Waals surface area contributed by atoms with Crippen LogP contribution in [0.5, 0.6) is 11.6 Å². The number of halogens is 3. The molecule has 3 aromatic rings. The quantitative estimate of drug-likeness (QED) is 0.198. The first kappa shape index (κ1) is 30.0. The van der Waals surface area contributed by atoms with Gasteiger partial charge in [-0.05, 0) is 46.8 Å². The predicted molar refractivity (Wildman–Crippen MR) is 152 cm³/mol. The van der Waals surface area contributed by atoms with E-state index in [9.17, 15) is 4.79 Å². The number of hydrogen-bond acceptors (Lipinski definition) is 9. The van der Waals surface area contributed by atoms with E-state index in [1.807, 2.05) is 0 Å². The molecule has 1 fully saturated rings. The number of pyridine rings is 1. The summed E-state index contributed by atoms with van der Waals surface area (Å²) in [5, 5.41) is 9.74. The summed E-state index contributed by atoms with van der Waals surface area (Å²) in [7, 11) is 0. The number of hydrogen-bond donors (Lipinski definition) is 0. The van der Waals surface area contributed by atoms with Crippen LogP contribution in [0.2, 0.25) is 10.2 Å². The third-order valence-corrected chi connectivity index (χ3v) is 7.15. The number of carbonyl (C=O) groups is 1. The number of nitrogens with zero attached hydrogens (tertiary/aromatic N) is 4. The van der Waals surface area contributed by atoms with E-state index in [-0.39, 0.29) is 35.7 Å². The van der Waals surface area contributed by atoms with Crippen molar-refractivity contribution in [3.8, 4) is 32.8 Å². The van der Waals surface area contributed by atoms with Gasteiger partial charge in [0.15, 0.2) is 11.6 Å². The van der Waals surface area contributed by atoms with Crippen molar-refractivity contribution in [1.29, 1.82) is 0 Å². The molecule has 1 saturated heterocycles. The van der Waals surface area contributed by atoms with E-state index in [0.29, 0.717) is 27.0 Å². The first-order valence-electron chi connectivity index (χ1n) is 12.3. The van der Waals surface area contributed by atoms with Gasteiger partial charge in [0.2, 0.25) is 5.88 Å². The number of amides is 1. The van der Waals surface area contributed by atoms with Crippen molar-refractivity contribution in [2.24, 2.45) is 0 Å². The Kier molecular flexibility index (Phi) is 8.89. The fraction of sp³-hybridized carbons (Fsp3) is 0.407. The van der Waals surface area contributed by atoms with Crippen LogP contribution in [0, 0.1) is 5.82 Å². The van der Waals surface area contributed by atoms with Crippen LogP contribution in [0.25, 0.3) is 21.1 Å². The van der Waals surface area contributed by atoms with Gasteiger partial charge in [-0.15, -0.1) is 10.2 Å². The molecular formula is C27H29Cl2FN4O5S. The smallest absolute Gasteiger partial charge is 0.413 e. The Hall–Kier alpha value is -2.99. The van der Waals surface area contributed by atoms with Crippen molar-refractivity contribution in [3.05, 3.63) is 52.9 Å². The Labute approximate surface area is 245 Å². The maximum absolute atomic E-state index is 15.2. The summed E-state index contributed by atoms with van der Waals surface area (Å²) < 4.78 is 37.7. The average Bonchev–Trinajstić information content (AvgIpc) is 3.46. The minimum Gasteiger partial charge on any atom is -0.488 e. The molecule has 1 aliphatic rings. The molecule has 4 rings (SSSR count). The van der Waals surface area contributed by atoms with Gasteiger partial charge in [0, 0.05) is 23.3 Å². The fourth-order valence-electron chi connectivity index (χ4n) is 3.94. The molecule has 0 saturated carbocycles. The molecule has 0 bridgehead atoms. The van der Waals surface area contributed by atoms with Crippen LogP contribution in [-0.4, -0.2) is 63.4 Å². The van der Waals surface area contributed by atoms with Gasteiger partial charge >= 0.3 is 6.09 Å². The second-order valence-corrected chi connectivity index (χ2v) is 12.1. The largest absolute Gasteiger partial charge is 0.488 e. The van der Waals surface area contributed by atoms with Gasteiger partial charge in [0.1, 0.15) is 39.7 Å². The van der Waals surface area contributed by atoms with Crippen molar-refractivity contribution in [2.45, 2.75) is 52.0 Å². The highest BCUT2D eigenvalue weighted by Crippen LogP contribution is 2.38. The molecule has 2 aromatic heterocycles. The van der Waals surface area contributed by atoms with Crippen LogP contribution in [-0.2, 0) is 9.47 Å². The molecule has 3 heterocycles. The second kappa shape index (κ2) is 11.9. The third kappa shape index (κ3) is 7.01.